The molecule has 1 aliphatic heterocycles. The van der Waals surface area contributed by atoms with E-state index in [1.807, 2.05) is 42.2 Å². The molecule has 0 radical (unpaired) electrons. The zero-order valence-corrected chi connectivity index (χ0v) is 13.6. The van der Waals surface area contributed by atoms with E-state index >= 15 is 0 Å². The van der Waals surface area contributed by atoms with Crippen molar-refractivity contribution in [2.75, 3.05) is 19.6 Å². The van der Waals surface area contributed by atoms with Crippen molar-refractivity contribution in [3.63, 3.8) is 0 Å². The van der Waals surface area contributed by atoms with Crippen LogP contribution in [0.25, 0.3) is 0 Å². The highest BCUT2D eigenvalue weighted by atomic mass is 16.2. The number of hydrogen-bond donors (Lipinski definition) is 0. The number of benzene rings is 1. The maximum absolute atomic E-state index is 12.4. The molecule has 4 nitrogen and oxygen atoms in total. The van der Waals surface area contributed by atoms with Crippen molar-refractivity contribution in [3.05, 3.63) is 35.9 Å². The minimum Gasteiger partial charge on any atom is -0.342 e. The molecular weight excluding hydrogens is 276 g/mol. The Balaban J connectivity index is 1.90. The van der Waals surface area contributed by atoms with Crippen molar-refractivity contribution >= 4 is 11.8 Å². The van der Waals surface area contributed by atoms with Gasteiger partial charge in [0, 0.05) is 26.2 Å². The quantitative estimate of drug-likeness (QED) is 0.785. The number of rotatable bonds is 5. The molecule has 0 aliphatic carbocycles. The third-order valence-electron chi connectivity index (χ3n) is 4.26. The largest absolute Gasteiger partial charge is 0.342 e. The molecule has 1 heterocycles. The summed E-state index contributed by atoms with van der Waals surface area (Å²) in [6, 6.07) is 9.90. The van der Waals surface area contributed by atoms with Gasteiger partial charge >= 0.3 is 0 Å². The zero-order chi connectivity index (χ0) is 15.9. The molecule has 0 bridgehead atoms. The molecule has 22 heavy (non-hydrogen) atoms. The molecule has 1 unspecified atom stereocenters. The molecule has 0 N–H and O–H groups in total. The Morgan fingerprint density at radius 2 is 2.00 bits per heavy atom. The lowest BCUT2D eigenvalue weighted by Crippen LogP contribution is -2.42. The van der Waals surface area contributed by atoms with Crippen LogP contribution in [0, 0.1) is 5.92 Å². The van der Waals surface area contributed by atoms with E-state index < -0.39 is 0 Å². The maximum atomic E-state index is 12.4. The fourth-order valence-electron chi connectivity index (χ4n) is 2.95. The van der Waals surface area contributed by atoms with Gasteiger partial charge in [-0.1, -0.05) is 37.3 Å². The van der Waals surface area contributed by atoms with E-state index in [-0.39, 0.29) is 18.2 Å². The van der Waals surface area contributed by atoms with Crippen molar-refractivity contribution in [1.82, 2.24) is 9.80 Å². The molecular formula is C18H26N2O2. The summed E-state index contributed by atoms with van der Waals surface area (Å²) in [7, 11) is 0. The van der Waals surface area contributed by atoms with Gasteiger partial charge in [0.15, 0.2) is 0 Å². The molecule has 0 saturated carbocycles. The van der Waals surface area contributed by atoms with E-state index in [0.717, 1.165) is 25.1 Å². The van der Waals surface area contributed by atoms with E-state index in [9.17, 15) is 9.59 Å². The molecule has 0 aromatic heterocycles. The van der Waals surface area contributed by atoms with Gasteiger partial charge in [0.25, 0.3) is 0 Å². The normalized spacial score (nSPS) is 18.1. The van der Waals surface area contributed by atoms with Gasteiger partial charge in [0.05, 0.1) is 0 Å². The summed E-state index contributed by atoms with van der Waals surface area (Å²) >= 11 is 0. The number of carbonyl (C=O) groups is 2. The van der Waals surface area contributed by atoms with Crippen molar-refractivity contribution in [2.24, 2.45) is 5.92 Å². The summed E-state index contributed by atoms with van der Waals surface area (Å²) in [5, 5.41) is 0. The first kappa shape index (κ1) is 16.5. The molecule has 0 spiro atoms. The number of nitrogens with zero attached hydrogens (tertiary/aromatic N) is 2. The maximum Gasteiger partial charge on any atom is 0.232 e. The minimum absolute atomic E-state index is 0.00655. The highest BCUT2D eigenvalue weighted by Crippen LogP contribution is 2.16. The third-order valence-corrected chi connectivity index (χ3v) is 4.26. The van der Waals surface area contributed by atoms with Crippen LogP contribution in [0.2, 0.25) is 0 Å². The summed E-state index contributed by atoms with van der Waals surface area (Å²) in [6.45, 7) is 6.89. The monoisotopic (exact) mass is 302 g/mol. The molecule has 4 heteroatoms. The Morgan fingerprint density at radius 3 is 2.64 bits per heavy atom. The number of carbonyl (C=O) groups excluding carboxylic acids is 2. The second kappa shape index (κ2) is 7.97. The van der Waals surface area contributed by atoms with Gasteiger partial charge in [-0.05, 0) is 31.2 Å². The van der Waals surface area contributed by atoms with Crippen LogP contribution in [-0.2, 0) is 16.1 Å². The van der Waals surface area contributed by atoms with Gasteiger partial charge in [-0.25, -0.2) is 0 Å². The molecule has 1 atom stereocenters. The second-order valence-corrected chi connectivity index (χ2v) is 6.16. The molecule has 120 valence electrons. The summed E-state index contributed by atoms with van der Waals surface area (Å²) in [5.74, 6) is 0.442. The van der Waals surface area contributed by atoms with E-state index in [0.29, 0.717) is 19.0 Å². The molecule has 2 amide bonds. The average molecular weight is 302 g/mol. The minimum atomic E-state index is -0.0745. The molecule has 1 fully saturated rings. The van der Waals surface area contributed by atoms with E-state index in [1.54, 1.807) is 4.90 Å². The summed E-state index contributed by atoms with van der Waals surface area (Å²) in [5.41, 5.74) is 1.09. The first-order valence-electron chi connectivity index (χ1n) is 8.19. The fourth-order valence-corrected chi connectivity index (χ4v) is 2.95. The van der Waals surface area contributed by atoms with Crippen LogP contribution >= 0.6 is 0 Å². The number of amides is 2. The van der Waals surface area contributed by atoms with Crippen molar-refractivity contribution in [2.45, 2.75) is 39.7 Å². The lowest BCUT2D eigenvalue weighted by atomic mass is 10.00. The smallest absolute Gasteiger partial charge is 0.232 e. The summed E-state index contributed by atoms with van der Waals surface area (Å²) in [6.07, 6.45) is 2.21. The summed E-state index contributed by atoms with van der Waals surface area (Å²) in [4.78, 5) is 28.3. The van der Waals surface area contributed by atoms with Crippen LogP contribution in [0.5, 0.6) is 0 Å². The third kappa shape index (κ3) is 4.58. The first-order chi connectivity index (χ1) is 10.6. The Bertz CT molecular complexity index is 501. The molecule has 1 aromatic carbocycles. The Morgan fingerprint density at radius 1 is 1.27 bits per heavy atom. The predicted molar refractivity (Wildman–Crippen MR) is 87.1 cm³/mol. The highest BCUT2D eigenvalue weighted by molar-refractivity contribution is 5.96. The van der Waals surface area contributed by atoms with Crippen molar-refractivity contribution in [3.8, 4) is 0 Å². The Labute approximate surface area is 133 Å². The van der Waals surface area contributed by atoms with Crippen LogP contribution in [0.3, 0.4) is 0 Å². The predicted octanol–water partition coefficient (Wildman–Crippen LogP) is 2.68. The first-order valence-corrected chi connectivity index (χ1v) is 8.19. The van der Waals surface area contributed by atoms with E-state index in [4.69, 9.17) is 0 Å². The lowest BCUT2D eigenvalue weighted by Gasteiger charge is -2.31. The molecule has 1 aliphatic rings. The van der Waals surface area contributed by atoms with Crippen molar-refractivity contribution < 1.29 is 9.59 Å². The lowest BCUT2D eigenvalue weighted by molar-refractivity contribution is -0.141. The molecule has 1 aromatic rings. The van der Waals surface area contributed by atoms with E-state index in [2.05, 4.69) is 6.92 Å². The standard InChI is InChI=1S/C18H26N2O2/c1-3-19(14-16-9-5-4-6-10-16)17(21)12-18(22)20-11-7-8-15(2)13-20/h4-6,9-10,15H,3,7-8,11-14H2,1-2H3. The van der Waals surface area contributed by atoms with Gasteiger partial charge < -0.3 is 9.80 Å². The van der Waals surface area contributed by atoms with Gasteiger partial charge in [0.1, 0.15) is 6.42 Å². The van der Waals surface area contributed by atoms with Crippen LogP contribution in [-0.4, -0.2) is 41.2 Å². The Hall–Kier alpha value is -1.84. The topological polar surface area (TPSA) is 40.6 Å². The molecule has 2 rings (SSSR count). The van der Waals surface area contributed by atoms with Crippen molar-refractivity contribution in [1.29, 1.82) is 0 Å². The molecule has 1 saturated heterocycles. The van der Waals surface area contributed by atoms with Gasteiger partial charge in [-0.2, -0.15) is 0 Å². The number of hydrogen-bond acceptors (Lipinski definition) is 2. The van der Waals surface area contributed by atoms with Crippen LogP contribution < -0.4 is 0 Å². The highest BCUT2D eigenvalue weighted by Gasteiger charge is 2.24. The SMILES string of the molecule is CCN(Cc1ccccc1)C(=O)CC(=O)N1CCCC(C)C1. The number of piperidine rings is 1. The van der Waals surface area contributed by atoms with Gasteiger partial charge in [-0.15, -0.1) is 0 Å². The fraction of sp³-hybridized carbons (Fsp3) is 0.556. The Kier molecular flexibility index (Phi) is 5.99. The van der Waals surface area contributed by atoms with Gasteiger partial charge in [0.2, 0.25) is 11.8 Å². The number of likely N-dealkylation sites (tertiary alicyclic amines) is 1. The second-order valence-electron chi connectivity index (χ2n) is 6.16. The average Bonchev–Trinajstić information content (AvgIpc) is 2.53. The van der Waals surface area contributed by atoms with Crippen LogP contribution in [0.1, 0.15) is 38.7 Å². The van der Waals surface area contributed by atoms with Crippen LogP contribution in [0.4, 0.5) is 0 Å². The summed E-state index contributed by atoms with van der Waals surface area (Å²) < 4.78 is 0. The van der Waals surface area contributed by atoms with Gasteiger partial charge in [-0.3, -0.25) is 9.59 Å². The zero-order valence-electron chi connectivity index (χ0n) is 13.6. The van der Waals surface area contributed by atoms with Crippen LogP contribution in [0.15, 0.2) is 30.3 Å². The van der Waals surface area contributed by atoms with E-state index in [1.165, 1.54) is 6.42 Å².